The average Bonchev–Trinajstić information content (AvgIpc) is 3.33. The summed E-state index contributed by atoms with van der Waals surface area (Å²) in [6.07, 6.45) is 1.56. The van der Waals surface area contributed by atoms with Crippen molar-refractivity contribution in [1.29, 1.82) is 0 Å². The van der Waals surface area contributed by atoms with Gasteiger partial charge in [0.05, 0.1) is 18.5 Å². The predicted molar refractivity (Wildman–Crippen MR) is 127 cm³/mol. The SMILES string of the molecule is COc1ccc(-c2nn(-c3ccccc3)cc2C(=O)OCC(=O)c2ccc(C)c(N(O)O)c2)cc1. The van der Waals surface area contributed by atoms with Crippen LogP contribution in [0.5, 0.6) is 5.75 Å². The Labute approximate surface area is 201 Å². The Hall–Kier alpha value is -4.47. The number of para-hydroxylation sites is 1. The monoisotopic (exact) mass is 473 g/mol. The van der Waals surface area contributed by atoms with Gasteiger partial charge in [0.25, 0.3) is 0 Å². The molecule has 1 heterocycles. The number of Topliss-reactive ketones (excluding diaryl/α,β-unsaturated/α-hetero) is 1. The maximum absolute atomic E-state index is 13.0. The minimum Gasteiger partial charge on any atom is -0.497 e. The smallest absolute Gasteiger partial charge is 0.342 e. The summed E-state index contributed by atoms with van der Waals surface area (Å²) in [5.41, 5.74) is 2.78. The first-order chi connectivity index (χ1) is 16.9. The Bertz CT molecular complexity index is 1350. The fourth-order valence-electron chi connectivity index (χ4n) is 3.49. The van der Waals surface area contributed by atoms with Gasteiger partial charge in [-0.05, 0) is 55.0 Å². The molecule has 35 heavy (non-hydrogen) atoms. The number of rotatable bonds is 8. The van der Waals surface area contributed by atoms with Crippen molar-refractivity contribution in [3.8, 4) is 22.7 Å². The van der Waals surface area contributed by atoms with Crippen molar-refractivity contribution in [2.75, 3.05) is 18.9 Å². The first-order valence-electron chi connectivity index (χ1n) is 10.7. The number of methoxy groups -OCH3 is 1. The zero-order chi connectivity index (χ0) is 24.9. The summed E-state index contributed by atoms with van der Waals surface area (Å²) < 4.78 is 12.1. The molecule has 178 valence electrons. The number of hydrogen-bond donors (Lipinski definition) is 2. The summed E-state index contributed by atoms with van der Waals surface area (Å²) in [7, 11) is 1.56. The Morgan fingerprint density at radius 1 is 1.00 bits per heavy atom. The van der Waals surface area contributed by atoms with Crippen molar-refractivity contribution in [1.82, 2.24) is 9.78 Å². The molecule has 0 saturated heterocycles. The molecule has 1 aromatic heterocycles. The van der Waals surface area contributed by atoms with Crippen LogP contribution in [-0.2, 0) is 4.74 Å². The van der Waals surface area contributed by atoms with E-state index in [1.165, 1.54) is 12.1 Å². The van der Waals surface area contributed by atoms with Crippen LogP contribution in [0.3, 0.4) is 0 Å². The second-order valence-corrected chi connectivity index (χ2v) is 7.69. The predicted octanol–water partition coefficient (Wildman–Crippen LogP) is 4.48. The number of ether oxygens (including phenoxy) is 2. The van der Waals surface area contributed by atoms with E-state index in [0.29, 0.717) is 22.6 Å². The van der Waals surface area contributed by atoms with Gasteiger partial charge in [-0.1, -0.05) is 30.3 Å². The number of benzene rings is 3. The molecule has 0 aliphatic heterocycles. The molecular formula is C26H23N3O6. The number of anilines is 1. The second kappa shape index (κ2) is 10.2. The lowest BCUT2D eigenvalue weighted by Gasteiger charge is -2.12. The number of carbonyl (C=O) groups excluding carboxylic acids is 2. The van der Waals surface area contributed by atoms with Crippen molar-refractivity contribution >= 4 is 17.4 Å². The maximum Gasteiger partial charge on any atom is 0.342 e. The van der Waals surface area contributed by atoms with Crippen LogP contribution in [0, 0.1) is 6.92 Å². The highest BCUT2D eigenvalue weighted by atomic mass is 16.8. The van der Waals surface area contributed by atoms with E-state index in [0.717, 1.165) is 5.69 Å². The molecule has 0 saturated carbocycles. The molecule has 0 unspecified atom stereocenters. The van der Waals surface area contributed by atoms with E-state index in [9.17, 15) is 20.0 Å². The van der Waals surface area contributed by atoms with Crippen LogP contribution in [-0.4, -0.2) is 45.7 Å². The van der Waals surface area contributed by atoms with Gasteiger partial charge in [-0.25, -0.2) is 9.48 Å². The van der Waals surface area contributed by atoms with Gasteiger partial charge in [0, 0.05) is 17.3 Å². The maximum atomic E-state index is 13.0. The molecule has 0 bridgehead atoms. The molecule has 0 amide bonds. The second-order valence-electron chi connectivity index (χ2n) is 7.69. The fourth-order valence-corrected chi connectivity index (χ4v) is 3.49. The van der Waals surface area contributed by atoms with Gasteiger partial charge in [-0.3, -0.25) is 15.2 Å². The van der Waals surface area contributed by atoms with E-state index >= 15 is 0 Å². The molecular weight excluding hydrogens is 450 g/mol. The summed E-state index contributed by atoms with van der Waals surface area (Å²) in [6, 6.07) is 20.8. The number of ketones is 1. The third-order valence-corrected chi connectivity index (χ3v) is 5.40. The van der Waals surface area contributed by atoms with Gasteiger partial charge in [-0.15, -0.1) is 5.23 Å². The van der Waals surface area contributed by atoms with E-state index in [-0.39, 0.29) is 22.0 Å². The van der Waals surface area contributed by atoms with Crippen LogP contribution in [0.4, 0.5) is 5.69 Å². The molecule has 4 rings (SSSR count). The lowest BCUT2D eigenvalue weighted by atomic mass is 10.1. The van der Waals surface area contributed by atoms with Crippen molar-refractivity contribution in [3.63, 3.8) is 0 Å². The Morgan fingerprint density at radius 3 is 2.37 bits per heavy atom. The lowest BCUT2D eigenvalue weighted by molar-refractivity contribution is 0.0287. The normalized spacial score (nSPS) is 10.6. The fraction of sp³-hybridized carbons (Fsp3) is 0.115. The molecule has 0 atom stereocenters. The lowest BCUT2D eigenvalue weighted by Crippen LogP contribution is -2.16. The summed E-state index contributed by atoms with van der Waals surface area (Å²) in [4.78, 5) is 25.7. The molecule has 0 radical (unpaired) electrons. The van der Waals surface area contributed by atoms with Crippen molar-refractivity contribution in [3.05, 3.63) is 95.7 Å². The van der Waals surface area contributed by atoms with Gasteiger partial charge < -0.3 is 9.47 Å². The van der Waals surface area contributed by atoms with E-state index < -0.39 is 18.4 Å². The number of esters is 1. The number of aryl methyl sites for hydroxylation is 1. The van der Waals surface area contributed by atoms with Crippen LogP contribution in [0.15, 0.2) is 79.0 Å². The van der Waals surface area contributed by atoms with E-state index in [4.69, 9.17) is 9.47 Å². The zero-order valence-electron chi connectivity index (χ0n) is 19.1. The quantitative estimate of drug-likeness (QED) is 0.219. The standard InChI is InChI=1S/C26H23N3O6/c1-17-8-9-19(14-23(17)29(32)33)24(30)16-35-26(31)22-15-28(20-6-4-3-5-7-20)27-25(22)18-10-12-21(34-2)13-11-18/h3-15,32-33H,16H2,1-2H3. The molecule has 2 N–H and O–H groups in total. The van der Waals surface area contributed by atoms with Crippen molar-refractivity contribution in [2.24, 2.45) is 0 Å². The van der Waals surface area contributed by atoms with E-state index in [2.05, 4.69) is 5.10 Å². The molecule has 9 heteroatoms. The Morgan fingerprint density at radius 2 is 1.71 bits per heavy atom. The summed E-state index contributed by atoms with van der Waals surface area (Å²) >= 11 is 0. The first kappa shape index (κ1) is 23.7. The molecule has 0 aliphatic carbocycles. The number of carbonyl (C=O) groups is 2. The van der Waals surface area contributed by atoms with Gasteiger partial charge in [0.2, 0.25) is 0 Å². The van der Waals surface area contributed by atoms with Gasteiger partial charge >= 0.3 is 5.97 Å². The largest absolute Gasteiger partial charge is 0.497 e. The minimum absolute atomic E-state index is 0.0492. The third kappa shape index (κ3) is 5.21. The van der Waals surface area contributed by atoms with Gasteiger partial charge in [0.15, 0.2) is 12.4 Å². The molecule has 9 nitrogen and oxygen atoms in total. The van der Waals surface area contributed by atoms with Crippen LogP contribution in [0.2, 0.25) is 0 Å². The van der Waals surface area contributed by atoms with Gasteiger partial charge in [-0.2, -0.15) is 5.10 Å². The summed E-state index contributed by atoms with van der Waals surface area (Å²) in [6.45, 7) is 1.13. The van der Waals surface area contributed by atoms with Crippen LogP contribution < -0.4 is 9.96 Å². The minimum atomic E-state index is -0.718. The van der Waals surface area contributed by atoms with E-state index in [1.807, 2.05) is 30.3 Å². The number of hydrogen-bond acceptors (Lipinski definition) is 8. The average molecular weight is 473 g/mol. The molecule has 4 aromatic rings. The van der Waals surface area contributed by atoms with Crippen LogP contribution in [0.25, 0.3) is 16.9 Å². The van der Waals surface area contributed by atoms with Crippen LogP contribution in [0.1, 0.15) is 26.3 Å². The van der Waals surface area contributed by atoms with Crippen molar-refractivity contribution in [2.45, 2.75) is 6.92 Å². The van der Waals surface area contributed by atoms with Gasteiger partial charge in [0.1, 0.15) is 17.0 Å². The topological polar surface area (TPSA) is 114 Å². The van der Waals surface area contributed by atoms with Crippen LogP contribution >= 0.6 is 0 Å². The molecule has 0 spiro atoms. The molecule has 3 aromatic carbocycles. The highest BCUT2D eigenvalue weighted by molar-refractivity contribution is 6.01. The van der Waals surface area contributed by atoms with Crippen molar-refractivity contribution < 1.29 is 29.5 Å². The highest BCUT2D eigenvalue weighted by Crippen LogP contribution is 2.27. The summed E-state index contributed by atoms with van der Waals surface area (Å²) in [5, 5.41) is 23.2. The molecule has 0 fully saturated rings. The Balaban J connectivity index is 1.60. The summed E-state index contributed by atoms with van der Waals surface area (Å²) in [5.74, 6) is -0.555. The molecule has 0 aliphatic rings. The zero-order valence-corrected chi connectivity index (χ0v) is 19.1. The number of aromatic nitrogens is 2. The highest BCUT2D eigenvalue weighted by Gasteiger charge is 2.22. The third-order valence-electron chi connectivity index (χ3n) is 5.40. The Kier molecular flexibility index (Phi) is 6.91. The first-order valence-corrected chi connectivity index (χ1v) is 10.7. The number of nitrogens with zero attached hydrogens (tertiary/aromatic N) is 3. The van der Waals surface area contributed by atoms with E-state index in [1.54, 1.807) is 55.2 Å².